The number of hydrogen-bond acceptors (Lipinski definition) is 5. The van der Waals surface area contributed by atoms with E-state index in [-0.39, 0.29) is 12.0 Å². The van der Waals surface area contributed by atoms with E-state index in [1.807, 2.05) is 44.2 Å². The van der Waals surface area contributed by atoms with Gasteiger partial charge in [-0.15, -0.1) is 0 Å². The van der Waals surface area contributed by atoms with Crippen LogP contribution in [0.3, 0.4) is 0 Å². The molecule has 0 spiro atoms. The maximum atomic E-state index is 12.8. The van der Waals surface area contributed by atoms with Crippen LogP contribution < -0.4 is 5.32 Å². The molecule has 0 saturated heterocycles. The van der Waals surface area contributed by atoms with Gasteiger partial charge in [-0.3, -0.25) is 4.79 Å². The fourth-order valence-corrected chi connectivity index (χ4v) is 3.22. The Hall–Kier alpha value is -2.40. The predicted octanol–water partition coefficient (Wildman–Crippen LogP) is 4.42. The highest BCUT2D eigenvalue weighted by molar-refractivity contribution is 6.30. The Labute approximate surface area is 158 Å². The van der Waals surface area contributed by atoms with E-state index in [0.29, 0.717) is 29.7 Å². The van der Waals surface area contributed by atoms with Gasteiger partial charge in [0.25, 0.3) is 0 Å². The summed E-state index contributed by atoms with van der Waals surface area (Å²) >= 11 is 6.07. The SMILES string of the molecule is CCOC(=O)[C@@]1(c2cc3cnc(Cl)cc3c(NC(C)C)n2)C=CC=CC1. The summed E-state index contributed by atoms with van der Waals surface area (Å²) in [5, 5.41) is 5.49. The molecule has 1 aliphatic carbocycles. The van der Waals surface area contributed by atoms with Gasteiger partial charge in [0.05, 0.1) is 12.3 Å². The van der Waals surface area contributed by atoms with Crippen LogP contribution in [-0.4, -0.2) is 28.6 Å². The molecule has 0 unspecified atom stereocenters. The monoisotopic (exact) mass is 371 g/mol. The molecule has 2 heterocycles. The average Bonchev–Trinajstić information content (AvgIpc) is 2.62. The van der Waals surface area contributed by atoms with Crippen LogP contribution in [0.1, 0.15) is 32.9 Å². The molecule has 136 valence electrons. The molecule has 1 N–H and O–H groups in total. The Balaban J connectivity index is 2.22. The standard InChI is InChI=1S/C20H22ClN3O2/c1-4-26-19(25)20(8-6-5-7-9-20)16-10-14-12-22-17(21)11-15(14)18(24-16)23-13(2)3/h5-8,10-13H,4,9H2,1-3H3,(H,23,24)/t20-/m0/s1. The van der Waals surface area contributed by atoms with E-state index in [2.05, 4.69) is 10.3 Å². The molecule has 0 amide bonds. The number of halogens is 1. The van der Waals surface area contributed by atoms with Crippen LogP contribution in [0, 0.1) is 0 Å². The minimum atomic E-state index is -0.938. The lowest BCUT2D eigenvalue weighted by Gasteiger charge is -2.29. The highest BCUT2D eigenvalue weighted by Gasteiger charge is 2.41. The Morgan fingerprint density at radius 3 is 2.85 bits per heavy atom. The fraction of sp³-hybridized carbons (Fsp3) is 0.350. The Morgan fingerprint density at radius 1 is 1.38 bits per heavy atom. The molecule has 0 fully saturated rings. The van der Waals surface area contributed by atoms with Crippen molar-refractivity contribution in [3.05, 3.63) is 53.5 Å². The maximum absolute atomic E-state index is 12.8. The highest BCUT2D eigenvalue weighted by atomic mass is 35.5. The van der Waals surface area contributed by atoms with Crippen molar-refractivity contribution in [2.24, 2.45) is 0 Å². The minimum Gasteiger partial charge on any atom is -0.465 e. The van der Waals surface area contributed by atoms with E-state index in [1.54, 1.807) is 19.2 Å². The van der Waals surface area contributed by atoms with Gasteiger partial charge in [0.1, 0.15) is 16.4 Å². The molecular formula is C20H22ClN3O2. The van der Waals surface area contributed by atoms with Crippen molar-refractivity contribution in [1.29, 1.82) is 0 Å². The van der Waals surface area contributed by atoms with Crippen molar-refractivity contribution in [1.82, 2.24) is 9.97 Å². The normalized spacial score (nSPS) is 19.1. The number of carbonyl (C=O) groups excluding carboxylic acids is 1. The van der Waals surface area contributed by atoms with Crippen LogP contribution in [0.2, 0.25) is 5.15 Å². The van der Waals surface area contributed by atoms with Gasteiger partial charge in [-0.25, -0.2) is 9.97 Å². The molecule has 2 aromatic heterocycles. The smallest absolute Gasteiger partial charge is 0.322 e. The Kier molecular flexibility index (Phi) is 5.28. The zero-order valence-corrected chi connectivity index (χ0v) is 15.9. The summed E-state index contributed by atoms with van der Waals surface area (Å²) in [6.07, 6.45) is 9.81. The second kappa shape index (κ2) is 7.46. The Morgan fingerprint density at radius 2 is 2.19 bits per heavy atom. The zero-order valence-electron chi connectivity index (χ0n) is 15.1. The number of ether oxygens (including phenoxy) is 1. The number of esters is 1. The summed E-state index contributed by atoms with van der Waals surface area (Å²) in [7, 11) is 0. The minimum absolute atomic E-state index is 0.174. The zero-order chi connectivity index (χ0) is 18.7. The summed E-state index contributed by atoms with van der Waals surface area (Å²) in [4.78, 5) is 21.8. The number of carbonyl (C=O) groups is 1. The van der Waals surface area contributed by atoms with Crippen LogP contribution in [0.15, 0.2) is 42.6 Å². The number of anilines is 1. The van der Waals surface area contributed by atoms with Crippen LogP contribution in [0.4, 0.5) is 5.82 Å². The first-order chi connectivity index (χ1) is 12.5. The molecule has 0 aromatic carbocycles. The van der Waals surface area contributed by atoms with Gasteiger partial charge in [0.15, 0.2) is 0 Å². The second-order valence-corrected chi connectivity index (χ2v) is 6.95. The average molecular weight is 372 g/mol. The number of hydrogen-bond donors (Lipinski definition) is 1. The molecular weight excluding hydrogens is 350 g/mol. The number of aromatic nitrogens is 2. The second-order valence-electron chi connectivity index (χ2n) is 6.57. The lowest BCUT2D eigenvalue weighted by atomic mass is 9.78. The van der Waals surface area contributed by atoms with Crippen LogP contribution in [0.5, 0.6) is 0 Å². The quantitative estimate of drug-likeness (QED) is 0.622. The third-order valence-corrected chi connectivity index (χ3v) is 4.48. The highest BCUT2D eigenvalue weighted by Crippen LogP contribution is 2.36. The molecule has 0 aliphatic heterocycles. The summed E-state index contributed by atoms with van der Waals surface area (Å²) in [6.45, 7) is 6.19. The number of rotatable bonds is 5. The van der Waals surface area contributed by atoms with Crippen LogP contribution >= 0.6 is 11.6 Å². The first-order valence-electron chi connectivity index (χ1n) is 8.71. The Bertz CT molecular complexity index is 892. The molecule has 2 aromatic rings. The van der Waals surface area contributed by atoms with Crippen molar-refractivity contribution in [2.45, 2.75) is 38.6 Å². The van der Waals surface area contributed by atoms with Gasteiger partial charge < -0.3 is 10.1 Å². The summed E-state index contributed by atoms with van der Waals surface area (Å²) in [5.41, 5.74) is -0.303. The molecule has 1 aliphatic rings. The number of allylic oxidation sites excluding steroid dienone is 3. The lowest BCUT2D eigenvalue weighted by molar-refractivity contribution is -0.148. The van der Waals surface area contributed by atoms with E-state index in [1.165, 1.54) is 0 Å². The van der Waals surface area contributed by atoms with E-state index in [9.17, 15) is 4.79 Å². The molecule has 1 atom stereocenters. The first kappa shape index (κ1) is 18.4. The van der Waals surface area contributed by atoms with E-state index in [0.717, 1.165) is 10.8 Å². The van der Waals surface area contributed by atoms with Gasteiger partial charge in [0, 0.05) is 23.0 Å². The third-order valence-electron chi connectivity index (χ3n) is 4.27. The van der Waals surface area contributed by atoms with Crippen LogP contribution in [0.25, 0.3) is 10.8 Å². The molecule has 0 bridgehead atoms. The molecule has 26 heavy (non-hydrogen) atoms. The van der Waals surface area contributed by atoms with Crippen LogP contribution in [-0.2, 0) is 14.9 Å². The van der Waals surface area contributed by atoms with Gasteiger partial charge in [-0.1, -0.05) is 35.9 Å². The number of nitrogens with zero attached hydrogens (tertiary/aromatic N) is 2. The molecule has 0 radical (unpaired) electrons. The number of nitrogens with one attached hydrogen (secondary N) is 1. The van der Waals surface area contributed by atoms with Crippen molar-refractivity contribution < 1.29 is 9.53 Å². The summed E-state index contributed by atoms with van der Waals surface area (Å²) in [5.74, 6) is 0.383. The summed E-state index contributed by atoms with van der Waals surface area (Å²) < 4.78 is 5.37. The van der Waals surface area contributed by atoms with E-state index in [4.69, 9.17) is 21.3 Å². The lowest BCUT2D eigenvalue weighted by Crippen LogP contribution is -2.37. The van der Waals surface area contributed by atoms with Crippen molar-refractivity contribution in [3.63, 3.8) is 0 Å². The molecule has 3 rings (SSSR count). The largest absolute Gasteiger partial charge is 0.465 e. The fourth-order valence-electron chi connectivity index (χ4n) is 3.06. The van der Waals surface area contributed by atoms with Gasteiger partial charge >= 0.3 is 5.97 Å². The summed E-state index contributed by atoms with van der Waals surface area (Å²) in [6, 6.07) is 3.85. The van der Waals surface area contributed by atoms with Crippen molar-refractivity contribution in [2.75, 3.05) is 11.9 Å². The van der Waals surface area contributed by atoms with Crippen molar-refractivity contribution >= 4 is 34.2 Å². The first-order valence-corrected chi connectivity index (χ1v) is 9.09. The molecule has 6 heteroatoms. The topological polar surface area (TPSA) is 64.1 Å². The number of fused-ring (bicyclic) bond motifs is 1. The van der Waals surface area contributed by atoms with Crippen molar-refractivity contribution in [3.8, 4) is 0 Å². The third kappa shape index (κ3) is 3.44. The van der Waals surface area contributed by atoms with Gasteiger partial charge in [0.2, 0.25) is 0 Å². The van der Waals surface area contributed by atoms with Gasteiger partial charge in [-0.05, 0) is 39.3 Å². The number of pyridine rings is 2. The van der Waals surface area contributed by atoms with E-state index < -0.39 is 5.41 Å². The van der Waals surface area contributed by atoms with Gasteiger partial charge in [-0.2, -0.15) is 0 Å². The maximum Gasteiger partial charge on any atom is 0.322 e. The molecule has 0 saturated carbocycles. The molecule has 5 nitrogen and oxygen atoms in total. The predicted molar refractivity (Wildman–Crippen MR) is 105 cm³/mol. The van der Waals surface area contributed by atoms with E-state index >= 15 is 0 Å².